The molecule has 1 fully saturated rings. The lowest BCUT2D eigenvalue weighted by Crippen LogP contribution is -2.45. The number of β-amino-alcohol motifs (C(OH)–C–C–N with tert-alkyl or cyclic N) is 1. The van der Waals surface area contributed by atoms with E-state index >= 15 is 0 Å². The molecule has 0 radical (unpaired) electrons. The zero-order chi connectivity index (χ0) is 15.2. The minimum atomic E-state index is -0.311. The van der Waals surface area contributed by atoms with E-state index < -0.39 is 0 Å². The van der Waals surface area contributed by atoms with Crippen LogP contribution in [0.2, 0.25) is 0 Å². The molecule has 22 heavy (non-hydrogen) atoms. The second-order valence-corrected chi connectivity index (χ2v) is 5.79. The fourth-order valence-electron chi connectivity index (χ4n) is 2.88. The van der Waals surface area contributed by atoms with Crippen molar-refractivity contribution in [3.05, 3.63) is 54.4 Å². The molecule has 1 saturated heterocycles. The van der Waals surface area contributed by atoms with E-state index in [1.807, 2.05) is 6.07 Å². The molecule has 2 heterocycles. The van der Waals surface area contributed by atoms with Gasteiger partial charge in [0.05, 0.1) is 6.10 Å². The molecule has 2 N–H and O–H groups in total. The summed E-state index contributed by atoms with van der Waals surface area (Å²) in [5.74, 6) is 0.872. The van der Waals surface area contributed by atoms with Crippen LogP contribution in [0.3, 0.4) is 0 Å². The van der Waals surface area contributed by atoms with Gasteiger partial charge in [0.2, 0.25) is 5.95 Å². The molecule has 116 valence electrons. The largest absolute Gasteiger partial charge is 0.391 e. The smallest absolute Gasteiger partial charge is 0.222 e. The van der Waals surface area contributed by atoms with E-state index in [9.17, 15) is 5.11 Å². The first kappa shape index (κ1) is 14.9. The number of rotatable bonds is 5. The van der Waals surface area contributed by atoms with Gasteiger partial charge in [-0.2, -0.15) is 0 Å². The summed E-state index contributed by atoms with van der Waals surface area (Å²) in [5.41, 5.74) is 1.30. The van der Waals surface area contributed by atoms with Crippen LogP contribution in [0.15, 0.2) is 48.8 Å². The van der Waals surface area contributed by atoms with Crippen LogP contribution in [0.5, 0.6) is 0 Å². The van der Waals surface area contributed by atoms with Crippen LogP contribution in [0.4, 0.5) is 5.95 Å². The van der Waals surface area contributed by atoms with E-state index in [0.717, 1.165) is 26.1 Å². The molecule has 0 aliphatic carbocycles. The molecule has 0 spiro atoms. The normalized spacial score (nSPS) is 22.4. The minimum absolute atomic E-state index is 0.246. The van der Waals surface area contributed by atoms with Crippen molar-refractivity contribution in [3.8, 4) is 0 Å². The van der Waals surface area contributed by atoms with E-state index in [-0.39, 0.29) is 12.0 Å². The summed E-state index contributed by atoms with van der Waals surface area (Å²) in [5, 5.41) is 13.6. The Hall–Kier alpha value is -1.98. The molecular weight excluding hydrogens is 276 g/mol. The monoisotopic (exact) mass is 298 g/mol. The highest BCUT2D eigenvalue weighted by Gasteiger charge is 2.27. The molecule has 0 unspecified atom stereocenters. The lowest BCUT2D eigenvalue weighted by atomic mass is 9.93. The van der Waals surface area contributed by atoms with Crippen LogP contribution in [-0.2, 0) is 6.54 Å². The molecule has 2 atom stereocenters. The van der Waals surface area contributed by atoms with Crippen LogP contribution in [0.25, 0.3) is 0 Å². The molecule has 2 aromatic rings. The number of aliphatic hydroxyl groups is 1. The van der Waals surface area contributed by atoms with Crippen molar-refractivity contribution in [2.24, 2.45) is 5.92 Å². The van der Waals surface area contributed by atoms with Crippen LogP contribution < -0.4 is 5.32 Å². The topological polar surface area (TPSA) is 61.3 Å². The maximum Gasteiger partial charge on any atom is 0.222 e. The van der Waals surface area contributed by atoms with Crippen molar-refractivity contribution in [2.45, 2.75) is 19.1 Å². The Morgan fingerprint density at radius 3 is 2.64 bits per heavy atom. The molecule has 1 aliphatic rings. The van der Waals surface area contributed by atoms with Crippen LogP contribution in [0, 0.1) is 5.92 Å². The van der Waals surface area contributed by atoms with Crippen molar-refractivity contribution in [2.75, 3.05) is 25.0 Å². The van der Waals surface area contributed by atoms with Gasteiger partial charge in [-0.3, -0.25) is 4.90 Å². The van der Waals surface area contributed by atoms with Crippen molar-refractivity contribution >= 4 is 5.95 Å². The molecule has 1 aromatic carbocycles. The number of hydrogen-bond donors (Lipinski definition) is 2. The number of anilines is 1. The second kappa shape index (κ2) is 7.33. The van der Waals surface area contributed by atoms with Crippen molar-refractivity contribution in [1.29, 1.82) is 0 Å². The van der Waals surface area contributed by atoms with E-state index in [2.05, 4.69) is 44.5 Å². The molecule has 0 bridgehead atoms. The quantitative estimate of drug-likeness (QED) is 0.881. The molecule has 1 aliphatic heterocycles. The molecule has 0 saturated carbocycles. The number of hydrogen-bond acceptors (Lipinski definition) is 5. The van der Waals surface area contributed by atoms with Gasteiger partial charge in [-0.05, 0) is 24.6 Å². The van der Waals surface area contributed by atoms with Crippen LogP contribution >= 0.6 is 0 Å². The fraction of sp³-hybridized carbons (Fsp3) is 0.412. The van der Waals surface area contributed by atoms with Gasteiger partial charge in [0, 0.05) is 37.9 Å². The highest BCUT2D eigenvalue weighted by molar-refractivity contribution is 5.22. The number of nitrogens with one attached hydrogen (secondary N) is 1. The number of benzene rings is 1. The van der Waals surface area contributed by atoms with Gasteiger partial charge >= 0.3 is 0 Å². The number of aliphatic hydroxyl groups excluding tert-OH is 1. The summed E-state index contributed by atoms with van der Waals surface area (Å²) < 4.78 is 0. The number of aromatic nitrogens is 2. The Bertz CT molecular complexity index is 563. The predicted octanol–water partition coefficient (Wildman–Crippen LogP) is 1.77. The third-order valence-corrected chi connectivity index (χ3v) is 4.14. The number of likely N-dealkylation sites (tertiary alicyclic amines) is 1. The summed E-state index contributed by atoms with van der Waals surface area (Å²) in [7, 11) is 0. The summed E-state index contributed by atoms with van der Waals surface area (Å²) in [4.78, 5) is 10.6. The number of piperidine rings is 1. The average molecular weight is 298 g/mol. The van der Waals surface area contributed by atoms with E-state index in [4.69, 9.17) is 0 Å². The van der Waals surface area contributed by atoms with Gasteiger partial charge in [-0.25, -0.2) is 9.97 Å². The molecule has 0 amide bonds. The zero-order valence-electron chi connectivity index (χ0n) is 12.6. The molecule has 5 heteroatoms. The minimum Gasteiger partial charge on any atom is -0.391 e. The van der Waals surface area contributed by atoms with Gasteiger partial charge in [-0.15, -0.1) is 0 Å². The van der Waals surface area contributed by atoms with Crippen molar-refractivity contribution < 1.29 is 5.11 Å². The first-order valence-electron chi connectivity index (χ1n) is 7.76. The second-order valence-electron chi connectivity index (χ2n) is 5.79. The molecular formula is C17H22N4O. The lowest BCUT2D eigenvalue weighted by molar-refractivity contribution is 0.0236. The zero-order valence-corrected chi connectivity index (χ0v) is 12.6. The third kappa shape index (κ3) is 4.02. The summed E-state index contributed by atoms with van der Waals surface area (Å²) >= 11 is 0. The standard InChI is InChI=1S/C17H22N4O/c22-16-13-21(12-14-5-2-1-3-6-14)10-7-15(16)11-20-17-18-8-4-9-19-17/h1-6,8-9,15-16,22H,7,10-13H2,(H,18,19,20)/t15-,16-/m1/s1. The fourth-order valence-corrected chi connectivity index (χ4v) is 2.88. The summed E-state index contributed by atoms with van der Waals surface area (Å²) in [6.07, 6.45) is 4.10. The van der Waals surface area contributed by atoms with Gasteiger partial charge in [-0.1, -0.05) is 30.3 Å². The Balaban J connectivity index is 1.48. The van der Waals surface area contributed by atoms with Crippen molar-refractivity contribution in [3.63, 3.8) is 0 Å². The highest BCUT2D eigenvalue weighted by atomic mass is 16.3. The molecule has 1 aromatic heterocycles. The summed E-state index contributed by atoms with van der Waals surface area (Å²) in [6.45, 7) is 3.34. The maximum absolute atomic E-state index is 10.4. The first-order chi connectivity index (χ1) is 10.8. The Morgan fingerprint density at radius 1 is 1.14 bits per heavy atom. The Morgan fingerprint density at radius 2 is 1.91 bits per heavy atom. The van der Waals surface area contributed by atoms with E-state index in [1.165, 1.54) is 5.56 Å². The van der Waals surface area contributed by atoms with E-state index in [1.54, 1.807) is 18.5 Å². The average Bonchev–Trinajstić information content (AvgIpc) is 2.56. The van der Waals surface area contributed by atoms with Gasteiger partial charge in [0.25, 0.3) is 0 Å². The van der Waals surface area contributed by atoms with Gasteiger partial charge in [0.15, 0.2) is 0 Å². The van der Waals surface area contributed by atoms with Crippen molar-refractivity contribution in [1.82, 2.24) is 14.9 Å². The Kier molecular flexibility index (Phi) is 4.98. The lowest BCUT2D eigenvalue weighted by Gasteiger charge is -2.36. The van der Waals surface area contributed by atoms with Gasteiger partial charge in [0.1, 0.15) is 0 Å². The van der Waals surface area contributed by atoms with Crippen LogP contribution in [0.1, 0.15) is 12.0 Å². The maximum atomic E-state index is 10.4. The first-order valence-corrected chi connectivity index (χ1v) is 7.76. The highest BCUT2D eigenvalue weighted by Crippen LogP contribution is 2.20. The number of nitrogens with zero attached hydrogens (tertiary/aromatic N) is 3. The summed E-state index contributed by atoms with van der Waals surface area (Å²) in [6, 6.07) is 12.2. The Labute approximate surface area is 131 Å². The van der Waals surface area contributed by atoms with Gasteiger partial charge < -0.3 is 10.4 Å². The predicted molar refractivity (Wildman–Crippen MR) is 86.4 cm³/mol. The molecule has 3 rings (SSSR count). The SMILES string of the molecule is O[C@@H]1CN(Cc2ccccc2)CC[C@@H]1CNc1ncccn1. The molecule has 5 nitrogen and oxygen atoms in total. The van der Waals surface area contributed by atoms with E-state index in [0.29, 0.717) is 12.5 Å². The third-order valence-electron chi connectivity index (χ3n) is 4.14. The van der Waals surface area contributed by atoms with Crippen LogP contribution in [-0.4, -0.2) is 45.7 Å².